The Kier molecular flexibility index (Phi) is 4.31. The quantitative estimate of drug-likeness (QED) is 0.652. The number of carbonyl (C=O) groups is 1. The summed E-state index contributed by atoms with van der Waals surface area (Å²) in [7, 11) is 0. The van der Waals surface area contributed by atoms with E-state index >= 15 is 0 Å². The van der Waals surface area contributed by atoms with Crippen LogP contribution in [-0.4, -0.2) is 10.9 Å². The van der Waals surface area contributed by atoms with Gasteiger partial charge >= 0.3 is 0 Å². The fourth-order valence-corrected chi connectivity index (χ4v) is 3.51. The highest BCUT2D eigenvalue weighted by molar-refractivity contribution is 6.36. The zero-order chi connectivity index (χ0) is 18.3. The fraction of sp³-hybridized carbons (Fsp3) is 0.100. The standard InChI is InChI=1S/C20H15Cl2N3O/c1-12-6-9-18(23-11-12)25-19(14-4-2-3-5-15(14)20(25)26)24-17-8-7-13(21)10-16(17)22/h2-11,19,24H,1H3/t19-/m1/s1. The van der Waals surface area contributed by atoms with E-state index in [2.05, 4.69) is 10.3 Å². The molecular formula is C20H15Cl2N3O. The molecule has 1 N–H and O–H groups in total. The van der Waals surface area contributed by atoms with Gasteiger partial charge in [0.2, 0.25) is 0 Å². The van der Waals surface area contributed by atoms with Gasteiger partial charge in [0.1, 0.15) is 12.0 Å². The van der Waals surface area contributed by atoms with Gasteiger partial charge in [-0.2, -0.15) is 0 Å². The number of anilines is 2. The smallest absolute Gasteiger partial charge is 0.261 e. The van der Waals surface area contributed by atoms with Gasteiger partial charge in [0.05, 0.1) is 10.7 Å². The number of halogens is 2. The summed E-state index contributed by atoms with van der Waals surface area (Å²) < 4.78 is 0. The first-order chi connectivity index (χ1) is 12.5. The normalized spacial score (nSPS) is 15.9. The van der Waals surface area contributed by atoms with E-state index in [0.717, 1.165) is 11.1 Å². The van der Waals surface area contributed by atoms with Crippen LogP contribution in [0.2, 0.25) is 10.0 Å². The first-order valence-corrected chi connectivity index (χ1v) is 8.87. The number of hydrogen-bond donors (Lipinski definition) is 1. The predicted molar refractivity (Wildman–Crippen MR) is 105 cm³/mol. The minimum atomic E-state index is -0.410. The number of fused-ring (bicyclic) bond motifs is 1. The molecule has 4 nitrogen and oxygen atoms in total. The SMILES string of the molecule is Cc1ccc(N2C(=O)c3ccccc3[C@@H]2Nc2ccc(Cl)cc2Cl)nc1. The van der Waals surface area contributed by atoms with Crippen molar-refractivity contribution in [1.29, 1.82) is 0 Å². The summed E-state index contributed by atoms with van der Waals surface area (Å²) in [5.41, 5.74) is 3.26. The highest BCUT2D eigenvalue weighted by atomic mass is 35.5. The number of benzene rings is 2. The second-order valence-corrected chi connectivity index (χ2v) is 6.97. The molecule has 1 aromatic heterocycles. The third-order valence-electron chi connectivity index (χ3n) is 4.33. The average molecular weight is 384 g/mol. The number of amides is 1. The van der Waals surface area contributed by atoms with E-state index in [4.69, 9.17) is 23.2 Å². The highest BCUT2D eigenvalue weighted by Gasteiger charge is 2.38. The molecule has 1 aliphatic heterocycles. The molecule has 26 heavy (non-hydrogen) atoms. The molecule has 3 aromatic rings. The third kappa shape index (κ3) is 2.91. The Hall–Kier alpha value is -2.56. The van der Waals surface area contributed by atoms with Crippen LogP contribution in [0, 0.1) is 6.92 Å². The number of pyridine rings is 1. The summed E-state index contributed by atoms with van der Waals surface area (Å²) in [4.78, 5) is 19.1. The molecule has 0 radical (unpaired) electrons. The molecule has 0 aliphatic carbocycles. The zero-order valence-electron chi connectivity index (χ0n) is 13.9. The van der Waals surface area contributed by atoms with E-state index in [0.29, 0.717) is 27.1 Å². The van der Waals surface area contributed by atoms with E-state index in [-0.39, 0.29) is 5.91 Å². The van der Waals surface area contributed by atoms with Gasteiger partial charge in [0, 0.05) is 22.3 Å². The summed E-state index contributed by atoms with van der Waals surface area (Å²) in [5, 5.41) is 4.41. The van der Waals surface area contributed by atoms with Crippen molar-refractivity contribution in [3.63, 3.8) is 0 Å². The average Bonchev–Trinajstić information content (AvgIpc) is 2.91. The van der Waals surface area contributed by atoms with Crippen molar-refractivity contribution in [2.75, 3.05) is 10.2 Å². The Bertz CT molecular complexity index is 989. The zero-order valence-corrected chi connectivity index (χ0v) is 15.4. The molecule has 2 aromatic carbocycles. The Morgan fingerprint density at radius 3 is 2.62 bits per heavy atom. The second-order valence-electron chi connectivity index (χ2n) is 6.13. The molecule has 2 heterocycles. The van der Waals surface area contributed by atoms with Crippen molar-refractivity contribution in [2.24, 2.45) is 0 Å². The number of aryl methyl sites for hydroxylation is 1. The van der Waals surface area contributed by atoms with Crippen molar-refractivity contribution in [3.8, 4) is 0 Å². The van der Waals surface area contributed by atoms with Crippen molar-refractivity contribution >= 4 is 40.6 Å². The van der Waals surface area contributed by atoms with E-state index in [1.165, 1.54) is 0 Å². The van der Waals surface area contributed by atoms with Crippen LogP contribution in [0.5, 0.6) is 0 Å². The number of carbonyl (C=O) groups excluding carboxylic acids is 1. The molecule has 130 valence electrons. The largest absolute Gasteiger partial charge is 0.360 e. The monoisotopic (exact) mass is 383 g/mol. The maximum absolute atomic E-state index is 13.0. The molecule has 1 atom stereocenters. The van der Waals surface area contributed by atoms with E-state index < -0.39 is 6.17 Å². The summed E-state index contributed by atoms with van der Waals surface area (Å²) in [6.07, 6.45) is 1.34. The Morgan fingerprint density at radius 2 is 1.88 bits per heavy atom. The number of hydrogen-bond acceptors (Lipinski definition) is 3. The molecule has 1 amide bonds. The van der Waals surface area contributed by atoms with E-state index in [1.807, 2.05) is 43.3 Å². The first kappa shape index (κ1) is 16.9. The molecule has 4 rings (SSSR count). The van der Waals surface area contributed by atoms with Crippen molar-refractivity contribution in [1.82, 2.24) is 4.98 Å². The number of nitrogens with zero attached hydrogens (tertiary/aromatic N) is 2. The number of nitrogens with one attached hydrogen (secondary N) is 1. The fourth-order valence-electron chi connectivity index (χ4n) is 3.05. The van der Waals surface area contributed by atoms with Crippen LogP contribution in [0.4, 0.5) is 11.5 Å². The molecule has 0 unspecified atom stereocenters. The summed E-state index contributed by atoms with van der Waals surface area (Å²) in [6, 6.07) is 16.5. The molecule has 0 fully saturated rings. The minimum absolute atomic E-state index is 0.0976. The first-order valence-electron chi connectivity index (χ1n) is 8.11. The molecule has 0 saturated carbocycles. The molecule has 0 saturated heterocycles. The maximum Gasteiger partial charge on any atom is 0.261 e. The molecule has 0 bridgehead atoms. The predicted octanol–water partition coefficient (Wildman–Crippen LogP) is 5.47. The lowest BCUT2D eigenvalue weighted by Gasteiger charge is -2.26. The van der Waals surface area contributed by atoms with Crippen molar-refractivity contribution in [3.05, 3.63) is 87.5 Å². The van der Waals surface area contributed by atoms with Crippen LogP contribution in [0.3, 0.4) is 0 Å². The van der Waals surface area contributed by atoms with Gasteiger partial charge in [-0.15, -0.1) is 0 Å². The summed E-state index contributed by atoms with van der Waals surface area (Å²) >= 11 is 12.3. The molecule has 1 aliphatic rings. The van der Waals surface area contributed by atoms with Crippen LogP contribution in [0.25, 0.3) is 0 Å². The summed E-state index contributed by atoms with van der Waals surface area (Å²) in [5.74, 6) is 0.485. The topological polar surface area (TPSA) is 45.2 Å². The molecular weight excluding hydrogens is 369 g/mol. The van der Waals surface area contributed by atoms with Gasteiger partial charge in [-0.25, -0.2) is 4.98 Å². The van der Waals surface area contributed by atoms with Gasteiger partial charge in [0.15, 0.2) is 0 Å². The van der Waals surface area contributed by atoms with Crippen LogP contribution >= 0.6 is 23.2 Å². The molecule has 0 spiro atoms. The van der Waals surface area contributed by atoms with Crippen molar-refractivity contribution in [2.45, 2.75) is 13.1 Å². The lowest BCUT2D eigenvalue weighted by molar-refractivity contribution is 0.0992. The van der Waals surface area contributed by atoms with Crippen LogP contribution in [0.1, 0.15) is 27.7 Å². The molecule has 6 heteroatoms. The Balaban J connectivity index is 1.79. The lowest BCUT2D eigenvalue weighted by Crippen LogP contribution is -2.33. The Labute approximate surface area is 161 Å². The van der Waals surface area contributed by atoms with Crippen LogP contribution < -0.4 is 10.2 Å². The number of rotatable bonds is 3. The Morgan fingerprint density at radius 1 is 1.08 bits per heavy atom. The minimum Gasteiger partial charge on any atom is -0.360 e. The van der Waals surface area contributed by atoms with Crippen molar-refractivity contribution < 1.29 is 4.79 Å². The third-order valence-corrected chi connectivity index (χ3v) is 4.88. The summed E-state index contributed by atoms with van der Waals surface area (Å²) in [6.45, 7) is 1.96. The van der Waals surface area contributed by atoms with Crippen LogP contribution in [-0.2, 0) is 0 Å². The van der Waals surface area contributed by atoms with E-state index in [9.17, 15) is 4.79 Å². The van der Waals surface area contributed by atoms with E-state index in [1.54, 1.807) is 29.3 Å². The van der Waals surface area contributed by atoms with Gasteiger partial charge in [-0.3, -0.25) is 9.69 Å². The van der Waals surface area contributed by atoms with Crippen LogP contribution in [0.15, 0.2) is 60.8 Å². The van der Waals surface area contributed by atoms with Gasteiger partial charge in [0.25, 0.3) is 5.91 Å². The van der Waals surface area contributed by atoms with Gasteiger partial charge in [-0.1, -0.05) is 47.5 Å². The lowest BCUT2D eigenvalue weighted by atomic mass is 10.1. The highest BCUT2D eigenvalue weighted by Crippen LogP contribution is 2.38. The number of aromatic nitrogens is 1. The maximum atomic E-state index is 13.0. The van der Waals surface area contributed by atoms with Gasteiger partial charge in [-0.05, 0) is 42.8 Å². The van der Waals surface area contributed by atoms with Gasteiger partial charge < -0.3 is 5.32 Å². The second kappa shape index (κ2) is 6.63.